The molecule has 1 fully saturated rings. The van der Waals surface area contributed by atoms with Crippen molar-refractivity contribution in [3.05, 3.63) is 83.4 Å². The van der Waals surface area contributed by atoms with Crippen molar-refractivity contribution in [1.82, 2.24) is 19.1 Å². The van der Waals surface area contributed by atoms with Gasteiger partial charge in [-0.2, -0.15) is 0 Å². The van der Waals surface area contributed by atoms with E-state index >= 15 is 4.39 Å². The second-order valence-corrected chi connectivity index (χ2v) is 9.21. The number of rotatable bonds is 3. The minimum absolute atomic E-state index is 0.0133. The van der Waals surface area contributed by atoms with E-state index in [0.717, 1.165) is 5.69 Å². The molecule has 170 valence electrons. The number of fused-ring (bicyclic) bond motifs is 2. The number of benzene rings is 2. The number of aromatic nitrogens is 4. The number of hydrogen-bond donors (Lipinski definition) is 2. The second kappa shape index (κ2) is 7.23. The van der Waals surface area contributed by atoms with Crippen molar-refractivity contribution in [3.8, 4) is 16.8 Å². The lowest BCUT2D eigenvalue weighted by atomic mass is 9.77. The van der Waals surface area contributed by atoms with E-state index in [1.54, 1.807) is 36.0 Å². The standard InChI is InChI=1S/C26H22FN5O2/c1-26(34)11-17(12-26)32-13-20(22-23(28)29-14-30-24(22)32)19-10-18-15(9-21(19)27)7-8-31(25(18)33)16-5-3-2-4-6-16/h2-10,13-14,17,34H,11-12H2,1H3,(H2,28,29,30). The molecule has 34 heavy (non-hydrogen) atoms. The van der Waals surface area contributed by atoms with Gasteiger partial charge in [-0.3, -0.25) is 9.36 Å². The summed E-state index contributed by atoms with van der Waals surface area (Å²) in [6, 6.07) is 14.0. The van der Waals surface area contributed by atoms with Crippen LogP contribution in [0.1, 0.15) is 25.8 Å². The van der Waals surface area contributed by atoms with E-state index in [2.05, 4.69) is 9.97 Å². The lowest BCUT2D eigenvalue weighted by Gasteiger charge is -2.41. The quantitative estimate of drug-likeness (QED) is 0.425. The lowest BCUT2D eigenvalue weighted by molar-refractivity contribution is -0.0498. The molecule has 0 atom stereocenters. The first-order valence-electron chi connectivity index (χ1n) is 11.1. The maximum absolute atomic E-state index is 15.4. The van der Waals surface area contributed by atoms with Crippen LogP contribution in [0, 0.1) is 5.82 Å². The van der Waals surface area contributed by atoms with Gasteiger partial charge in [0.25, 0.3) is 5.56 Å². The van der Waals surface area contributed by atoms with E-state index in [-0.39, 0.29) is 23.0 Å². The molecule has 0 spiro atoms. The van der Waals surface area contributed by atoms with Gasteiger partial charge in [0, 0.05) is 40.6 Å². The highest BCUT2D eigenvalue weighted by atomic mass is 19.1. The van der Waals surface area contributed by atoms with E-state index in [4.69, 9.17) is 5.73 Å². The summed E-state index contributed by atoms with van der Waals surface area (Å²) >= 11 is 0. The molecule has 1 aliphatic rings. The van der Waals surface area contributed by atoms with Crippen molar-refractivity contribution in [1.29, 1.82) is 0 Å². The Morgan fingerprint density at radius 3 is 2.62 bits per heavy atom. The molecule has 0 radical (unpaired) electrons. The normalized spacial score (nSPS) is 20.0. The minimum Gasteiger partial charge on any atom is -0.390 e. The maximum atomic E-state index is 15.4. The van der Waals surface area contributed by atoms with E-state index in [0.29, 0.717) is 40.2 Å². The summed E-state index contributed by atoms with van der Waals surface area (Å²) < 4.78 is 18.9. The zero-order chi connectivity index (χ0) is 23.6. The van der Waals surface area contributed by atoms with E-state index < -0.39 is 11.4 Å². The average Bonchev–Trinajstić information content (AvgIpc) is 3.18. The third kappa shape index (κ3) is 3.10. The molecule has 7 nitrogen and oxygen atoms in total. The van der Waals surface area contributed by atoms with Gasteiger partial charge in [0.1, 0.15) is 23.6 Å². The van der Waals surface area contributed by atoms with E-state index in [1.165, 1.54) is 12.4 Å². The molecule has 3 heterocycles. The molecule has 0 aliphatic heterocycles. The first kappa shape index (κ1) is 20.6. The molecule has 3 N–H and O–H groups in total. The molecular weight excluding hydrogens is 433 g/mol. The summed E-state index contributed by atoms with van der Waals surface area (Å²) in [6.45, 7) is 1.79. The third-order valence-corrected chi connectivity index (χ3v) is 6.70. The van der Waals surface area contributed by atoms with Crippen molar-refractivity contribution in [2.75, 3.05) is 5.73 Å². The molecule has 2 aromatic carbocycles. The minimum atomic E-state index is -0.739. The highest BCUT2D eigenvalue weighted by Crippen LogP contribution is 2.45. The van der Waals surface area contributed by atoms with Gasteiger partial charge < -0.3 is 15.4 Å². The Morgan fingerprint density at radius 2 is 1.88 bits per heavy atom. The highest BCUT2D eigenvalue weighted by molar-refractivity contribution is 6.02. The molecule has 0 saturated heterocycles. The molecule has 0 amide bonds. The molecule has 1 aliphatic carbocycles. The van der Waals surface area contributed by atoms with Crippen LogP contribution < -0.4 is 11.3 Å². The monoisotopic (exact) mass is 455 g/mol. The number of pyridine rings is 1. The van der Waals surface area contributed by atoms with Gasteiger partial charge in [-0.05, 0) is 55.5 Å². The lowest BCUT2D eigenvalue weighted by Crippen LogP contribution is -2.41. The number of nitrogens with zero attached hydrogens (tertiary/aromatic N) is 4. The van der Waals surface area contributed by atoms with Crippen LogP contribution in [0.4, 0.5) is 10.2 Å². The smallest absolute Gasteiger partial charge is 0.262 e. The predicted octanol–water partition coefficient (Wildman–Crippen LogP) is 4.21. The van der Waals surface area contributed by atoms with Crippen LogP contribution >= 0.6 is 0 Å². The Labute approximate surface area is 193 Å². The van der Waals surface area contributed by atoms with Gasteiger partial charge in [0.05, 0.1) is 11.0 Å². The predicted molar refractivity (Wildman–Crippen MR) is 129 cm³/mol. The van der Waals surface area contributed by atoms with Gasteiger partial charge in [0.15, 0.2) is 0 Å². The zero-order valence-electron chi connectivity index (χ0n) is 18.4. The van der Waals surface area contributed by atoms with Crippen LogP contribution in [0.5, 0.6) is 0 Å². The van der Waals surface area contributed by atoms with Gasteiger partial charge in [-0.25, -0.2) is 14.4 Å². The van der Waals surface area contributed by atoms with Crippen LogP contribution in [-0.4, -0.2) is 29.8 Å². The Hall–Kier alpha value is -4.04. The molecular formula is C26H22FN5O2. The summed E-state index contributed by atoms with van der Waals surface area (Å²) in [6.07, 6.45) is 5.95. The topological polar surface area (TPSA) is 99.0 Å². The zero-order valence-corrected chi connectivity index (χ0v) is 18.4. The van der Waals surface area contributed by atoms with Crippen LogP contribution in [-0.2, 0) is 0 Å². The van der Waals surface area contributed by atoms with Crippen LogP contribution in [0.3, 0.4) is 0 Å². The van der Waals surface area contributed by atoms with Crippen molar-refractivity contribution in [2.45, 2.75) is 31.4 Å². The van der Waals surface area contributed by atoms with Gasteiger partial charge in [-0.1, -0.05) is 18.2 Å². The summed E-state index contributed by atoms with van der Waals surface area (Å²) in [5.74, 6) is -0.230. The van der Waals surface area contributed by atoms with Crippen LogP contribution in [0.2, 0.25) is 0 Å². The Kier molecular flexibility index (Phi) is 4.37. The fraction of sp³-hybridized carbons (Fsp3) is 0.192. The molecule has 0 bridgehead atoms. The molecule has 8 heteroatoms. The number of nitrogens with two attached hydrogens (primary N) is 1. The maximum Gasteiger partial charge on any atom is 0.262 e. The third-order valence-electron chi connectivity index (χ3n) is 6.70. The van der Waals surface area contributed by atoms with Crippen molar-refractivity contribution >= 4 is 27.6 Å². The number of anilines is 1. The summed E-state index contributed by atoms with van der Waals surface area (Å²) in [4.78, 5) is 21.9. The first-order chi connectivity index (χ1) is 16.3. The van der Waals surface area contributed by atoms with Gasteiger partial charge in [-0.15, -0.1) is 0 Å². The Balaban J connectivity index is 1.58. The number of nitrogen functional groups attached to an aromatic ring is 1. The number of halogens is 1. The number of hydrogen-bond acceptors (Lipinski definition) is 5. The molecule has 1 saturated carbocycles. The Morgan fingerprint density at radius 1 is 1.12 bits per heavy atom. The van der Waals surface area contributed by atoms with Crippen molar-refractivity contribution in [2.24, 2.45) is 0 Å². The van der Waals surface area contributed by atoms with E-state index in [1.807, 2.05) is 34.9 Å². The fourth-order valence-electron chi connectivity index (χ4n) is 5.01. The number of aliphatic hydroxyl groups is 1. The summed E-state index contributed by atoms with van der Waals surface area (Å²) in [7, 11) is 0. The average molecular weight is 455 g/mol. The SMILES string of the molecule is CC1(O)CC(n2cc(-c3cc4c(=O)n(-c5ccccc5)ccc4cc3F)c3c(N)ncnc32)C1. The summed E-state index contributed by atoms with van der Waals surface area (Å²) in [5, 5.41) is 11.7. The highest BCUT2D eigenvalue weighted by Gasteiger charge is 2.40. The Bertz CT molecular complexity index is 1630. The number of para-hydroxylation sites is 1. The fourth-order valence-corrected chi connectivity index (χ4v) is 5.01. The molecule has 6 rings (SSSR count). The first-order valence-corrected chi connectivity index (χ1v) is 11.1. The van der Waals surface area contributed by atoms with E-state index in [9.17, 15) is 9.90 Å². The van der Waals surface area contributed by atoms with Gasteiger partial charge in [0.2, 0.25) is 0 Å². The molecule has 5 aromatic rings. The van der Waals surface area contributed by atoms with Gasteiger partial charge >= 0.3 is 0 Å². The van der Waals surface area contributed by atoms with Crippen molar-refractivity contribution < 1.29 is 9.50 Å². The molecule has 3 aromatic heterocycles. The van der Waals surface area contributed by atoms with Crippen LogP contribution in [0.15, 0.2) is 72.0 Å². The molecule has 0 unspecified atom stereocenters. The van der Waals surface area contributed by atoms with Crippen molar-refractivity contribution in [3.63, 3.8) is 0 Å². The van der Waals surface area contributed by atoms with Crippen LogP contribution in [0.25, 0.3) is 38.6 Å². The largest absolute Gasteiger partial charge is 0.390 e. The summed E-state index contributed by atoms with van der Waals surface area (Å²) in [5.41, 5.74) is 7.32. The second-order valence-electron chi connectivity index (χ2n) is 9.21.